The average Bonchev–Trinajstić information content (AvgIpc) is 3.12. The van der Waals surface area contributed by atoms with Crippen LogP contribution in [0.2, 0.25) is 0 Å². The summed E-state index contributed by atoms with van der Waals surface area (Å²) in [5, 5.41) is 24.8. The third kappa shape index (κ3) is 2.64. The van der Waals surface area contributed by atoms with E-state index in [1.807, 2.05) is 6.92 Å². The van der Waals surface area contributed by atoms with E-state index in [1.165, 1.54) is 11.0 Å². The number of hydrogen-bond donors (Lipinski definition) is 4. The molecule has 3 heterocycles. The predicted octanol–water partition coefficient (Wildman–Crippen LogP) is 1.25. The Morgan fingerprint density at radius 3 is 2.83 bits per heavy atom. The first kappa shape index (κ1) is 16.1. The number of aromatic amines is 1. The van der Waals surface area contributed by atoms with Gasteiger partial charge in [0.1, 0.15) is 30.3 Å². The van der Waals surface area contributed by atoms with Crippen molar-refractivity contribution in [3.8, 4) is 0 Å². The van der Waals surface area contributed by atoms with Crippen molar-refractivity contribution >= 4 is 22.7 Å². The van der Waals surface area contributed by atoms with Gasteiger partial charge in [-0.15, -0.1) is 0 Å². The van der Waals surface area contributed by atoms with Crippen LogP contribution in [0.3, 0.4) is 0 Å². The number of hydrogen-bond acceptors (Lipinski definition) is 7. The molecule has 0 saturated heterocycles. The number of aliphatic hydroxyl groups excluding tert-OH is 1. The first-order chi connectivity index (χ1) is 11.3. The summed E-state index contributed by atoms with van der Waals surface area (Å²) >= 11 is 0. The number of aryl methyl sites for hydroxylation is 1. The molecule has 5 N–H and O–H groups in total. The Kier molecular flexibility index (Phi) is 3.84. The second kappa shape index (κ2) is 5.71. The average molecular weight is 334 g/mol. The molecule has 0 spiro atoms. The molecule has 9 nitrogen and oxygen atoms in total. The summed E-state index contributed by atoms with van der Waals surface area (Å²) in [6.07, 6.45) is 0.0744. The Morgan fingerprint density at radius 2 is 2.21 bits per heavy atom. The minimum Gasteiger partial charge on any atom is -0.383 e. The van der Waals surface area contributed by atoms with Crippen LogP contribution in [0, 0.1) is 6.92 Å². The lowest BCUT2D eigenvalue weighted by atomic mass is 10.1. The SMILES string of the molecule is Cc1cc(NC(O)c2nn(C(C)(C)CF)c3ncnc(N)c23)n[nH]1. The summed E-state index contributed by atoms with van der Waals surface area (Å²) < 4.78 is 14.8. The molecule has 128 valence electrons. The maximum atomic E-state index is 13.4. The molecule has 0 radical (unpaired) electrons. The minimum absolute atomic E-state index is 0.162. The first-order valence-corrected chi connectivity index (χ1v) is 7.35. The maximum Gasteiger partial charge on any atom is 0.171 e. The van der Waals surface area contributed by atoms with E-state index in [2.05, 4.69) is 30.6 Å². The number of anilines is 2. The van der Waals surface area contributed by atoms with Crippen molar-refractivity contribution in [3.63, 3.8) is 0 Å². The molecule has 3 rings (SSSR count). The second-order valence-corrected chi connectivity index (χ2v) is 6.18. The molecule has 10 heteroatoms. The molecule has 0 aromatic carbocycles. The molecule has 0 aliphatic carbocycles. The fourth-order valence-corrected chi connectivity index (χ4v) is 2.37. The monoisotopic (exact) mass is 334 g/mol. The smallest absolute Gasteiger partial charge is 0.171 e. The lowest BCUT2D eigenvalue weighted by Crippen LogP contribution is -2.30. The summed E-state index contributed by atoms with van der Waals surface area (Å²) in [4.78, 5) is 8.09. The summed E-state index contributed by atoms with van der Waals surface area (Å²) in [5.74, 6) is 0.609. The van der Waals surface area contributed by atoms with E-state index in [-0.39, 0.29) is 11.5 Å². The van der Waals surface area contributed by atoms with Crippen molar-refractivity contribution in [1.82, 2.24) is 29.9 Å². The van der Waals surface area contributed by atoms with Crippen LogP contribution in [0.15, 0.2) is 12.4 Å². The predicted molar refractivity (Wildman–Crippen MR) is 86.9 cm³/mol. The highest BCUT2D eigenvalue weighted by atomic mass is 19.1. The molecule has 0 aliphatic rings. The number of fused-ring (bicyclic) bond motifs is 1. The van der Waals surface area contributed by atoms with Crippen molar-refractivity contribution in [2.24, 2.45) is 0 Å². The van der Waals surface area contributed by atoms with Gasteiger partial charge in [0, 0.05) is 11.8 Å². The number of nitrogens with two attached hydrogens (primary N) is 1. The van der Waals surface area contributed by atoms with Crippen molar-refractivity contribution in [2.45, 2.75) is 32.5 Å². The standard InChI is InChI=1S/C14H19FN8O/c1-7-4-8(21-20-7)19-13(24)10-9-11(16)17-6-18-12(9)23(22-10)14(2,3)5-15/h4,6,13,24H,5H2,1-3H3,(H2,16,17,18)(H2,19,20,21). The molecule has 0 saturated carbocycles. The minimum atomic E-state index is -1.21. The molecular formula is C14H19FN8O. The fraction of sp³-hybridized carbons (Fsp3) is 0.429. The summed E-state index contributed by atoms with van der Waals surface area (Å²) in [5.41, 5.74) is 6.40. The van der Waals surface area contributed by atoms with Crippen molar-refractivity contribution in [2.75, 3.05) is 17.7 Å². The third-order valence-electron chi connectivity index (χ3n) is 3.67. The highest BCUT2D eigenvalue weighted by Crippen LogP contribution is 2.30. The summed E-state index contributed by atoms with van der Waals surface area (Å²) in [6.45, 7) is 4.54. The molecule has 3 aromatic heterocycles. The van der Waals surface area contributed by atoms with E-state index < -0.39 is 18.4 Å². The Labute approximate surface area is 137 Å². The van der Waals surface area contributed by atoms with Crippen LogP contribution in [0.4, 0.5) is 16.0 Å². The van der Waals surface area contributed by atoms with Crippen LogP contribution in [0.1, 0.15) is 31.5 Å². The number of nitrogen functional groups attached to an aromatic ring is 1. The zero-order chi connectivity index (χ0) is 17.5. The normalized spacial score (nSPS) is 13.4. The van der Waals surface area contributed by atoms with E-state index in [9.17, 15) is 9.50 Å². The number of rotatable bonds is 5. The number of alkyl halides is 1. The van der Waals surface area contributed by atoms with Crippen LogP contribution in [-0.2, 0) is 5.54 Å². The maximum absolute atomic E-state index is 13.4. The molecule has 3 aromatic rings. The van der Waals surface area contributed by atoms with Gasteiger partial charge in [0.25, 0.3) is 0 Å². The van der Waals surface area contributed by atoms with Gasteiger partial charge in [0.15, 0.2) is 11.9 Å². The van der Waals surface area contributed by atoms with Gasteiger partial charge in [0.05, 0.1) is 10.9 Å². The van der Waals surface area contributed by atoms with Crippen molar-refractivity contribution < 1.29 is 9.50 Å². The lowest BCUT2D eigenvalue weighted by molar-refractivity contribution is 0.195. The van der Waals surface area contributed by atoms with Gasteiger partial charge in [-0.1, -0.05) is 0 Å². The number of aliphatic hydroxyl groups is 1. The largest absolute Gasteiger partial charge is 0.383 e. The molecule has 1 atom stereocenters. The van der Waals surface area contributed by atoms with E-state index in [0.29, 0.717) is 16.9 Å². The number of nitrogens with zero attached hydrogens (tertiary/aromatic N) is 5. The van der Waals surface area contributed by atoms with Crippen LogP contribution in [-0.4, -0.2) is 41.7 Å². The van der Waals surface area contributed by atoms with E-state index >= 15 is 0 Å². The molecule has 0 bridgehead atoms. The van der Waals surface area contributed by atoms with Gasteiger partial charge in [0.2, 0.25) is 0 Å². The Bertz CT molecular complexity index is 871. The quantitative estimate of drug-likeness (QED) is 0.516. The number of nitrogens with one attached hydrogen (secondary N) is 2. The van der Waals surface area contributed by atoms with Gasteiger partial charge in [-0.3, -0.25) is 5.10 Å². The highest BCUT2D eigenvalue weighted by molar-refractivity contribution is 5.88. The van der Waals surface area contributed by atoms with Gasteiger partial charge >= 0.3 is 0 Å². The summed E-state index contributed by atoms with van der Waals surface area (Å²) in [7, 11) is 0. The van der Waals surface area contributed by atoms with Crippen LogP contribution in [0.5, 0.6) is 0 Å². The van der Waals surface area contributed by atoms with Gasteiger partial charge in [-0.05, 0) is 20.8 Å². The Morgan fingerprint density at radius 1 is 1.46 bits per heavy atom. The molecule has 0 amide bonds. The van der Waals surface area contributed by atoms with Gasteiger partial charge in [-0.2, -0.15) is 10.2 Å². The third-order valence-corrected chi connectivity index (χ3v) is 3.67. The molecule has 0 fully saturated rings. The molecule has 24 heavy (non-hydrogen) atoms. The zero-order valence-corrected chi connectivity index (χ0v) is 13.6. The van der Waals surface area contributed by atoms with Gasteiger partial charge in [-0.25, -0.2) is 19.0 Å². The van der Waals surface area contributed by atoms with Crippen molar-refractivity contribution in [1.29, 1.82) is 0 Å². The zero-order valence-electron chi connectivity index (χ0n) is 13.6. The summed E-state index contributed by atoms with van der Waals surface area (Å²) in [6, 6.07) is 1.73. The Balaban J connectivity index is 2.10. The first-order valence-electron chi connectivity index (χ1n) is 7.35. The topological polar surface area (TPSA) is 131 Å². The fourth-order valence-electron chi connectivity index (χ4n) is 2.37. The Hall–Kier alpha value is -2.75. The lowest BCUT2D eigenvalue weighted by Gasteiger charge is -2.21. The second-order valence-electron chi connectivity index (χ2n) is 6.18. The van der Waals surface area contributed by atoms with Gasteiger partial charge < -0.3 is 16.2 Å². The molecule has 0 aliphatic heterocycles. The molecule has 1 unspecified atom stereocenters. The van der Waals surface area contributed by atoms with Crippen LogP contribution >= 0.6 is 0 Å². The van der Waals surface area contributed by atoms with E-state index in [4.69, 9.17) is 5.73 Å². The van der Waals surface area contributed by atoms with Crippen LogP contribution in [0.25, 0.3) is 11.0 Å². The van der Waals surface area contributed by atoms with Crippen LogP contribution < -0.4 is 11.1 Å². The number of H-pyrrole nitrogens is 1. The number of halogens is 1. The van der Waals surface area contributed by atoms with E-state index in [1.54, 1.807) is 19.9 Å². The van der Waals surface area contributed by atoms with Crippen molar-refractivity contribution in [3.05, 3.63) is 23.8 Å². The number of aromatic nitrogens is 6. The molecular weight excluding hydrogens is 315 g/mol. The highest BCUT2D eigenvalue weighted by Gasteiger charge is 2.29. The van der Waals surface area contributed by atoms with E-state index in [0.717, 1.165) is 5.69 Å².